The average Bonchev–Trinajstić information content (AvgIpc) is 2.98. The quantitative estimate of drug-likeness (QED) is 0.553. The van der Waals surface area contributed by atoms with Crippen molar-refractivity contribution < 1.29 is 24.0 Å². The standard InChI is InChI=1S/C20H18N4O5/c25-11-23(13-4-2-8-21-9-13)10-12-3-1-5-14-17(12)20(29)24(19(14)28)15-6-7-16(26)22-18(15)27/h1-5,8-9,11-12,15,17H,6-7,10H2,(H,22,26,27). The Labute approximate surface area is 166 Å². The molecule has 0 bridgehead atoms. The van der Waals surface area contributed by atoms with Gasteiger partial charge in [0.2, 0.25) is 24.1 Å². The summed E-state index contributed by atoms with van der Waals surface area (Å²) in [5.74, 6) is -3.28. The van der Waals surface area contributed by atoms with E-state index in [0.29, 0.717) is 17.7 Å². The third kappa shape index (κ3) is 3.24. The second-order valence-corrected chi connectivity index (χ2v) is 7.10. The first-order valence-electron chi connectivity index (χ1n) is 9.22. The highest BCUT2D eigenvalue weighted by Gasteiger charge is 2.52. The van der Waals surface area contributed by atoms with Crippen LogP contribution >= 0.6 is 0 Å². The molecule has 3 atom stereocenters. The molecule has 0 radical (unpaired) electrons. The van der Waals surface area contributed by atoms with E-state index >= 15 is 0 Å². The first kappa shape index (κ1) is 18.7. The van der Waals surface area contributed by atoms with Crippen LogP contribution in [0.3, 0.4) is 0 Å². The fraction of sp³-hybridized carbons (Fsp3) is 0.300. The largest absolute Gasteiger partial charge is 0.313 e. The van der Waals surface area contributed by atoms with E-state index in [1.807, 2.05) is 0 Å². The molecule has 1 aliphatic carbocycles. The van der Waals surface area contributed by atoms with Gasteiger partial charge in [0.05, 0.1) is 17.8 Å². The van der Waals surface area contributed by atoms with Gasteiger partial charge in [0.1, 0.15) is 6.04 Å². The van der Waals surface area contributed by atoms with Gasteiger partial charge in [-0.25, -0.2) is 0 Å². The summed E-state index contributed by atoms with van der Waals surface area (Å²) in [6.45, 7) is 0.176. The summed E-state index contributed by atoms with van der Waals surface area (Å²) in [5.41, 5.74) is 0.870. The Morgan fingerprint density at radius 3 is 2.79 bits per heavy atom. The number of amides is 5. The van der Waals surface area contributed by atoms with Gasteiger partial charge in [-0.3, -0.25) is 39.2 Å². The van der Waals surface area contributed by atoms with Gasteiger partial charge in [0.25, 0.3) is 5.91 Å². The molecule has 2 aliphatic heterocycles. The normalized spacial score (nSPS) is 26.1. The highest BCUT2D eigenvalue weighted by atomic mass is 16.2. The molecule has 9 heteroatoms. The van der Waals surface area contributed by atoms with Crippen LogP contribution in [0.4, 0.5) is 5.69 Å². The number of anilines is 1. The van der Waals surface area contributed by atoms with Crippen LogP contribution in [-0.4, -0.2) is 52.5 Å². The van der Waals surface area contributed by atoms with Crippen molar-refractivity contribution in [1.82, 2.24) is 15.2 Å². The molecule has 0 saturated carbocycles. The Morgan fingerprint density at radius 2 is 2.10 bits per heavy atom. The summed E-state index contributed by atoms with van der Waals surface area (Å²) < 4.78 is 0. The van der Waals surface area contributed by atoms with Gasteiger partial charge in [-0.1, -0.05) is 18.2 Å². The average molecular weight is 394 g/mol. The predicted molar refractivity (Wildman–Crippen MR) is 99.9 cm³/mol. The second kappa shape index (κ2) is 7.42. The van der Waals surface area contributed by atoms with Crippen LogP contribution in [0, 0.1) is 11.8 Å². The number of aromatic nitrogens is 1. The van der Waals surface area contributed by atoms with Crippen molar-refractivity contribution in [3.63, 3.8) is 0 Å². The summed E-state index contributed by atoms with van der Waals surface area (Å²) in [4.78, 5) is 67.6. The van der Waals surface area contributed by atoms with Gasteiger partial charge in [-0.05, 0) is 18.6 Å². The number of piperidine rings is 1. The Balaban J connectivity index is 1.58. The molecule has 2 saturated heterocycles. The smallest absolute Gasteiger partial charge is 0.257 e. The Hall–Kier alpha value is -3.62. The molecule has 4 rings (SSSR count). The van der Waals surface area contributed by atoms with Crippen LogP contribution in [0.25, 0.3) is 0 Å². The SMILES string of the molecule is O=CN(CC1C=CC=C2C(=O)N(C3CCC(=O)NC3=O)C(=O)C21)c1cccnc1. The van der Waals surface area contributed by atoms with Crippen molar-refractivity contribution in [2.75, 3.05) is 11.4 Å². The number of fused-ring (bicyclic) bond motifs is 1. The minimum absolute atomic E-state index is 0.0682. The maximum Gasteiger partial charge on any atom is 0.257 e. The monoisotopic (exact) mass is 394 g/mol. The lowest BCUT2D eigenvalue weighted by Gasteiger charge is -2.29. The second-order valence-electron chi connectivity index (χ2n) is 7.10. The van der Waals surface area contributed by atoms with E-state index in [2.05, 4.69) is 10.3 Å². The molecule has 5 amide bonds. The number of pyridine rings is 1. The molecular formula is C20H18N4O5. The number of nitrogens with zero attached hydrogens (tertiary/aromatic N) is 3. The van der Waals surface area contributed by atoms with Crippen LogP contribution < -0.4 is 10.2 Å². The molecule has 1 aromatic heterocycles. The van der Waals surface area contributed by atoms with Crippen molar-refractivity contribution in [3.8, 4) is 0 Å². The predicted octanol–water partition coefficient (Wildman–Crippen LogP) is -0.0530. The summed E-state index contributed by atoms with van der Waals surface area (Å²) in [6.07, 6.45) is 8.99. The van der Waals surface area contributed by atoms with E-state index in [0.717, 1.165) is 4.90 Å². The van der Waals surface area contributed by atoms with E-state index < -0.39 is 41.5 Å². The van der Waals surface area contributed by atoms with Crippen molar-refractivity contribution in [1.29, 1.82) is 0 Å². The maximum absolute atomic E-state index is 13.1. The Bertz CT molecular complexity index is 955. The van der Waals surface area contributed by atoms with Gasteiger partial charge in [0, 0.05) is 30.7 Å². The fourth-order valence-corrected chi connectivity index (χ4v) is 4.01. The highest BCUT2D eigenvalue weighted by molar-refractivity contribution is 6.18. The summed E-state index contributed by atoms with van der Waals surface area (Å²) in [7, 11) is 0. The summed E-state index contributed by atoms with van der Waals surface area (Å²) in [6, 6.07) is 2.42. The molecule has 148 valence electrons. The number of hydrogen-bond acceptors (Lipinski definition) is 6. The molecule has 9 nitrogen and oxygen atoms in total. The molecule has 0 aromatic carbocycles. The zero-order valence-corrected chi connectivity index (χ0v) is 15.4. The van der Waals surface area contributed by atoms with E-state index in [4.69, 9.17) is 0 Å². The molecule has 2 fully saturated rings. The maximum atomic E-state index is 13.1. The van der Waals surface area contributed by atoms with E-state index in [1.165, 1.54) is 11.1 Å². The number of imide groups is 2. The molecule has 1 N–H and O–H groups in total. The number of carbonyl (C=O) groups excluding carboxylic acids is 5. The number of hydrogen-bond donors (Lipinski definition) is 1. The topological polar surface area (TPSA) is 117 Å². The lowest BCUT2D eigenvalue weighted by atomic mass is 9.83. The first-order chi connectivity index (χ1) is 14.0. The van der Waals surface area contributed by atoms with Crippen molar-refractivity contribution in [2.45, 2.75) is 18.9 Å². The fourth-order valence-electron chi connectivity index (χ4n) is 4.01. The van der Waals surface area contributed by atoms with E-state index in [9.17, 15) is 24.0 Å². The molecule has 3 aliphatic rings. The molecule has 29 heavy (non-hydrogen) atoms. The van der Waals surface area contributed by atoms with Gasteiger partial charge in [-0.15, -0.1) is 0 Å². The van der Waals surface area contributed by atoms with Gasteiger partial charge in [-0.2, -0.15) is 0 Å². The molecule has 3 unspecified atom stereocenters. The molecular weight excluding hydrogens is 376 g/mol. The van der Waals surface area contributed by atoms with Gasteiger partial charge >= 0.3 is 0 Å². The number of allylic oxidation sites excluding steroid dienone is 2. The van der Waals surface area contributed by atoms with E-state index in [1.54, 1.807) is 36.6 Å². The Kier molecular flexibility index (Phi) is 4.79. The minimum Gasteiger partial charge on any atom is -0.313 e. The lowest BCUT2D eigenvalue weighted by molar-refractivity contribution is -0.151. The van der Waals surface area contributed by atoms with Crippen LogP contribution in [0.1, 0.15) is 12.8 Å². The minimum atomic E-state index is -1.000. The van der Waals surface area contributed by atoms with E-state index in [-0.39, 0.29) is 19.4 Å². The van der Waals surface area contributed by atoms with Crippen LogP contribution in [-0.2, 0) is 24.0 Å². The van der Waals surface area contributed by atoms with Crippen molar-refractivity contribution >= 4 is 35.7 Å². The molecule has 3 heterocycles. The number of rotatable bonds is 5. The van der Waals surface area contributed by atoms with Gasteiger partial charge in [0.15, 0.2) is 0 Å². The van der Waals surface area contributed by atoms with Gasteiger partial charge < -0.3 is 4.90 Å². The molecule has 1 aromatic rings. The highest BCUT2D eigenvalue weighted by Crippen LogP contribution is 2.38. The zero-order valence-electron chi connectivity index (χ0n) is 15.4. The summed E-state index contributed by atoms with van der Waals surface area (Å²) in [5, 5.41) is 2.18. The zero-order chi connectivity index (χ0) is 20.5. The molecule has 0 spiro atoms. The van der Waals surface area contributed by atoms with Crippen LogP contribution in [0.15, 0.2) is 48.3 Å². The Morgan fingerprint density at radius 1 is 1.28 bits per heavy atom. The van der Waals surface area contributed by atoms with Crippen molar-refractivity contribution in [2.24, 2.45) is 11.8 Å². The number of carbonyl (C=O) groups is 5. The lowest BCUT2D eigenvalue weighted by Crippen LogP contribution is -2.54. The first-order valence-corrected chi connectivity index (χ1v) is 9.22. The number of likely N-dealkylation sites (tertiary alicyclic amines) is 1. The third-order valence-electron chi connectivity index (χ3n) is 5.40. The third-order valence-corrected chi connectivity index (χ3v) is 5.40. The summed E-state index contributed by atoms with van der Waals surface area (Å²) >= 11 is 0. The van der Waals surface area contributed by atoms with Crippen LogP contribution in [0.5, 0.6) is 0 Å². The van der Waals surface area contributed by atoms with Crippen molar-refractivity contribution in [3.05, 3.63) is 48.3 Å². The number of nitrogens with one attached hydrogen (secondary N) is 1. The van der Waals surface area contributed by atoms with Crippen LogP contribution in [0.2, 0.25) is 0 Å².